The number of carbonyl (C=O) groups is 3. The van der Waals surface area contributed by atoms with Crippen molar-refractivity contribution < 1.29 is 33.3 Å². The van der Waals surface area contributed by atoms with E-state index in [2.05, 4.69) is 15.6 Å². The molecule has 2 amide bonds. The highest BCUT2D eigenvalue weighted by molar-refractivity contribution is 5.98. The zero-order valence-electron chi connectivity index (χ0n) is 25.9. The maximum atomic E-state index is 12.5. The fourth-order valence-corrected chi connectivity index (χ4v) is 4.24. The molecule has 0 saturated heterocycles. The lowest BCUT2D eigenvalue weighted by Crippen LogP contribution is -2.33. The van der Waals surface area contributed by atoms with Crippen molar-refractivity contribution in [3.63, 3.8) is 0 Å². The Kier molecular flexibility index (Phi) is 13.3. The average Bonchev–Trinajstić information content (AvgIpc) is 3.22. The first-order chi connectivity index (χ1) is 19.3. The van der Waals surface area contributed by atoms with E-state index in [0.29, 0.717) is 25.4 Å². The molecule has 0 unspecified atom stereocenters. The lowest BCUT2D eigenvalue weighted by atomic mass is 10.0. The van der Waals surface area contributed by atoms with Crippen molar-refractivity contribution in [3.05, 3.63) is 29.5 Å². The Morgan fingerprint density at radius 1 is 0.780 bits per heavy atom. The van der Waals surface area contributed by atoms with Crippen LogP contribution in [0.3, 0.4) is 0 Å². The summed E-state index contributed by atoms with van der Waals surface area (Å²) in [6, 6.07) is 5.79. The number of aryl methyl sites for hydroxylation is 1. The Hall–Kier alpha value is -3.43. The third kappa shape index (κ3) is 13.2. The predicted octanol–water partition coefficient (Wildman–Crippen LogP) is 6.66. The van der Waals surface area contributed by atoms with Gasteiger partial charge in [-0.25, -0.2) is 14.4 Å². The van der Waals surface area contributed by atoms with Crippen molar-refractivity contribution in [1.82, 2.24) is 15.6 Å². The largest absolute Gasteiger partial charge is 0.494 e. The summed E-state index contributed by atoms with van der Waals surface area (Å²) in [7, 11) is 1.38. The Morgan fingerprint density at radius 3 is 1.90 bits per heavy atom. The van der Waals surface area contributed by atoms with Gasteiger partial charge in [-0.2, -0.15) is 0 Å². The number of aromatic amines is 1. The number of esters is 1. The number of hydrogen-bond acceptors (Lipinski definition) is 7. The number of unbranched alkanes of at least 4 members (excludes halogenated alkanes) is 5. The van der Waals surface area contributed by atoms with E-state index in [1.54, 1.807) is 0 Å². The molecule has 0 radical (unpaired) electrons. The van der Waals surface area contributed by atoms with Gasteiger partial charge in [0, 0.05) is 24.0 Å². The van der Waals surface area contributed by atoms with E-state index in [-0.39, 0.29) is 5.97 Å². The van der Waals surface area contributed by atoms with E-state index in [4.69, 9.17) is 18.9 Å². The molecule has 10 heteroatoms. The van der Waals surface area contributed by atoms with Gasteiger partial charge in [0.05, 0.1) is 13.7 Å². The highest BCUT2D eigenvalue weighted by atomic mass is 16.6. The van der Waals surface area contributed by atoms with Crippen molar-refractivity contribution in [1.29, 1.82) is 0 Å². The molecule has 0 saturated carbocycles. The van der Waals surface area contributed by atoms with Crippen molar-refractivity contribution >= 4 is 29.1 Å². The Labute approximate surface area is 244 Å². The lowest BCUT2D eigenvalue weighted by molar-refractivity contribution is 0.0515. The third-order valence-corrected chi connectivity index (χ3v) is 6.05. The van der Waals surface area contributed by atoms with E-state index in [1.165, 1.54) is 7.11 Å². The van der Waals surface area contributed by atoms with Gasteiger partial charge in [0.2, 0.25) is 0 Å². The quantitative estimate of drug-likeness (QED) is 0.123. The second-order valence-corrected chi connectivity index (χ2v) is 12.1. The number of fused-ring (bicyclic) bond motifs is 1. The lowest BCUT2D eigenvalue weighted by Gasteiger charge is -2.19. The van der Waals surface area contributed by atoms with Crippen LogP contribution in [0.1, 0.15) is 103 Å². The SMILES string of the molecule is COC(=O)c1[nH]c2ccc(OCCCCCNC(=O)OC(C)(C)C)cc2c1CCCCCCNC(=O)OC(C)(C)C. The van der Waals surface area contributed by atoms with Crippen LogP contribution in [-0.2, 0) is 20.6 Å². The summed E-state index contributed by atoms with van der Waals surface area (Å²) in [5.41, 5.74) is 1.26. The molecule has 1 heterocycles. The number of aromatic nitrogens is 1. The van der Waals surface area contributed by atoms with Gasteiger partial charge < -0.3 is 34.6 Å². The molecular weight excluding hydrogens is 526 g/mol. The second kappa shape index (κ2) is 16.1. The molecule has 1 aromatic carbocycles. The standard InChI is InChI=1S/C31H49N3O7/c1-30(2,3)40-28(36)32-18-12-9-8-11-15-23-24-21-22(16-17-25(24)34-26(23)27(35)38-7)39-20-14-10-13-19-33-29(37)41-31(4,5)6/h16-17,21,34H,8-15,18-20H2,1-7H3,(H,32,36)(H,33,37). The van der Waals surface area contributed by atoms with Gasteiger partial charge in [0.25, 0.3) is 0 Å². The van der Waals surface area contributed by atoms with Crippen LogP contribution in [0.2, 0.25) is 0 Å². The number of H-pyrrole nitrogens is 1. The molecular formula is C31H49N3O7. The van der Waals surface area contributed by atoms with E-state index in [9.17, 15) is 14.4 Å². The summed E-state index contributed by atoms with van der Waals surface area (Å²) in [5, 5.41) is 6.51. The van der Waals surface area contributed by atoms with Crippen LogP contribution in [-0.4, -0.2) is 61.1 Å². The minimum absolute atomic E-state index is 0.389. The molecule has 0 spiro atoms. The summed E-state index contributed by atoms with van der Waals surface area (Å²) < 4.78 is 21.5. The minimum atomic E-state index is -0.506. The number of hydrogen-bond donors (Lipinski definition) is 3. The number of benzene rings is 1. The van der Waals surface area contributed by atoms with Crippen LogP contribution < -0.4 is 15.4 Å². The minimum Gasteiger partial charge on any atom is -0.494 e. The van der Waals surface area contributed by atoms with E-state index in [1.807, 2.05) is 59.7 Å². The first-order valence-electron chi connectivity index (χ1n) is 14.6. The van der Waals surface area contributed by atoms with Crippen LogP contribution in [0.15, 0.2) is 18.2 Å². The molecule has 10 nitrogen and oxygen atoms in total. The topological polar surface area (TPSA) is 128 Å². The van der Waals surface area contributed by atoms with Crippen molar-refractivity contribution in [2.45, 2.75) is 104 Å². The maximum Gasteiger partial charge on any atom is 0.407 e. The van der Waals surface area contributed by atoms with Crippen molar-refractivity contribution in [3.8, 4) is 5.75 Å². The Balaban J connectivity index is 1.81. The molecule has 0 aliphatic carbocycles. The van der Waals surface area contributed by atoms with E-state index >= 15 is 0 Å². The number of rotatable bonds is 15. The van der Waals surface area contributed by atoms with Crippen LogP contribution in [0, 0.1) is 0 Å². The Morgan fingerprint density at radius 2 is 1.34 bits per heavy atom. The molecule has 0 aliphatic rings. The van der Waals surface area contributed by atoms with Gasteiger partial charge in [0.1, 0.15) is 22.6 Å². The van der Waals surface area contributed by atoms with Crippen molar-refractivity contribution in [2.75, 3.05) is 26.8 Å². The molecule has 2 aromatic rings. The smallest absolute Gasteiger partial charge is 0.407 e. The first kappa shape index (κ1) is 33.8. The fourth-order valence-electron chi connectivity index (χ4n) is 4.24. The second-order valence-electron chi connectivity index (χ2n) is 12.1. The zero-order chi connectivity index (χ0) is 30.5. The monoisotopic (exact) mass is 575 g/mol. The normalized spacial score (nSPS) is 11.7. The van der Waals surface area contributed by atoms with Crippen LogP contribution in [0.4, 0.5) is 9.59 Å². The van der Waals surface area contributed by atoms with Gasteiger partial charge in [-0.1, -0.05) is 12.8 Å². The molecule has 230 valence electrons. The summed E-state index contributed by atoms with van der Waals surface area (Å²) >= 11 is 0. The molecule has 0 atom stereocenters. The summed E-state index contributed by atoms with van der Waals surface area (Å²) in [6.45, 7) is 12.7. The number of amides is 2. The van der Waals surface area contributed by atoms with Crippen LogP contribution in [0.25, 0.3) is 10.9 Å². The average molecular weight is 576 g/mol. The number of methoxy groups -OCH3 is 1. The zero-order valence-corrected chi connectivity index (χ0v) is 25.9. The molecule has 2 rings (SSSR count). The van der Waals surface area contributed by atoms with E-state index in [0.717, 1.165) is 73.6 Å². The molecule has 3 N–H and O–H groups in total. The molecule has 41 heavy (non-hydrogen) atoms. The highest BCUT2D eigenvalue weighted by Crippen LogP contribution is 2.29. The van der Waals surface area contributed by atoms with Crippen LogP contribution in [0.5, 0.6) is 5.75 Å². The fraction of sp³-hybridized carbons (Fsp3) is 0.645. The number of carbonyl (C=O) groups excluding carboxylic acids is 3. The predicted molar refractivity (Wildman–Crippen MR) is 160 cm³/mol. The van der Waals surface area contributed by atoms with Gasteiger partial charge >= 0.3 is 18.2 Å². The number of nitrogens with one attached hydrogen (secondary N) is 3. The third-order valence-electron chi connectivity index (χ3n) is 6.05. The Bertz CT molecular complexity index is 1130. The van der Waals surface area contributed by atoms with Gasteiger partial charge in [0.15, 0.2) is 0 Å². The summed E-state index contributed by atoms with van der Waals surface area (Å²) in [5.74, 6) is 0.356. The first-order valence-corrected chi connectivity index (χ1v) is 14.6. The van der Waals surface area contributed by atoms with Gasteiger partial charge in [-0.3, -0.25) is 0 Å². The maximum absolute atomic E-state index is 12.5. The molecule has 0 bridgehead atoms. The molecule has 0 aliphatic heterocycles. The summed E-state index contributed by atoms with van der Waals surface area (Å²) in [4.78, 5) is 39.1. The number of ether oxygens (including phenoxy) is 4. The van der Waals surface area contributed by atoms with Crippen LogP contribution >= 0.6 is 0 Å². The van der Waals surface area contributed by atoms with Gasteiger partial charge in [-0.05, 0) is 104 Å². The highest BCUT2D eigenvalue weighted by Gasteiger charge is 2.19. The molecule has 1 aromatic heterocycles. The van der Waals surface area contributed by atoms with Crippen molar-refractivity contribution in [2.24, 2.45) is 0 Å². The molecule has 0 fully saturated rings. The summed E-state index contributed by atoms with van der Waals surface area (Å²) in [6.07, 6.45) is 6.18. The van der Waals surface area contributed by atoms with E-state index < -0.39 is 23.4 Å². The number of alkyl carbamates (subject to hydrolysis) is 2. The van der Waals surface area contributed by atoms with Gasteiger partial charge in [-0.15, -0.1) is 0 Å².